The molecule has 12 nitrogen and oxygen atoms in total. The highest BCUT2D eigenvalue weighted by molar-refractivity contribution is 6.34. The first-order chi connectivity index (χ1) is 18.2. The number of ketones is 4. The van der Waals surface area contributed by atoms with Crippen molar-refractivity contribution in [2.45, 2.75) is 12.1 Å². The zero-order valence-electron chi connectivity index (χ0n) is 19.1. The van der Waals surface area contributed by atoms with Gasteiger partial charge in [0.25, 0.3) is 0 Å². The van der Waals surface area contributed by atoms with Gasteiger partial charge in [-0.2, -0.15) is 20.5 Å². The summed E-state index contributed by atoms with van der Waals surface area (Å²) in [5.41, 5.74) is 0.243. The average molecular weight is 510 g/mol. The number of benzene rings is 3. The molecular weight excluding hydrogens is 496 g/mol. The van der Waals surface area contributed by atoms with Crippen molar-refractivity contribution in [3.8, 4) is 0 Å². The Morgan fingerprint density at radius 3 is 1.08 bits per heavy atom. The monoisotopic (exact) mass is 510 g/mol. The van der Waals surface area contributed by atoms with Gasteiger partial charge in [-0.15, -0.1) is 0 Å². The number of carboxylic acids is 2. The van der Waals surface area contributed by atoms with Crippen LogP contribution in [0.25, 0.3) is 0 Å². The van der Waals surface area contributed by atoms with E-state index < -0.39 is 47.2 Å². The number of hydrogen-bond donors (Lipinski definition) is 2. The van der Waals surface area contributed by atoms with Crippen molar-refractivity contribution in [1.82, 2.24) is 0 Å². The maximum Gasteiger partial charge on any atom is 0.335 e. The van der Waals surface area contributed by atoms with Crippen LogP contribution in [0.15, 0.2) is 81.1 Å². The van der Waals surface area contributed by atoms with E-state index in [1.165, 1.54) is 60.7 Å². The summed E-state index contributed by atoms with van der Waals surface area (Å²) in [7, 11) is 0. The quantitative estimate of drug-likeness (QED) is 0.365. The molecule has 38 heavy (non-hydrogen) atoms. The van der Waals surface area contributed by atoms with Crippen LogP contribution in [0, 0.1) is 0 Å². The minimum Gasteiger partial charge on any atom is -0.478 e. The Kier molecular flexibility index (Phi) is 5.84. The number of hydrogen-bond acceptors (Lipinski definition) is 10. The molecule has 0 unspecified atom stereocenters. The number of carbonyl (C=O) groups is 6. The lowest BCUT2D eigenvalue weighted by Gasteiger charge is -1.99. The lowest BCUT2D eigenvalue weighted by molar-refractivity contribution is 0.0686. The average Bonchev–Trinajstić information content (AvgIpc) is 3.29. The van der Waals surface area contributed by atoms with Crippen LogP contribution < -0.4 is 0 Å². The van der Waals surface area contributed by atoms with E-state index in [-0.39, 0.29) is 44.8 Å². The van der Waals surface area contributed by atoms with Gasteiger partial charge < -0.3 is 10.2 Å². The summed E-state index contributed by atoms with van der Waals surface area (Å²) in [6.45, 7) is 0. The molecule has 0 amide bonds. The summed E-state index contributed by atoms with van der Waals surface area (Å²) in [6.07, 6.45) is 0. The minimum atomic E-state index is -1.50. The molecule has 0 aliphatic heterocycles. The summed E-state index contributed by atoms with van der Waals surface area (Å²) in [5, 5.41) is 33.3. The molecule has 3 aromatic rings. The third kappa shape index (κ3) is 4.09. The predicted molar refractivity (Wildman–Crippen MR) is 127 cm³/mol. The number of aromatic carboxylic acids is 2. The fourth-order valence-electron chi connectivity index (χ4n) is 4.04. The lowest BCUT2D eigenvalue weighted by Crippen LogP contribution is -2.20. The number of carbonyl (C=O) groups excluding carboxylic acids is 4. The third-order valence-electron chi connectivity index (χ3n) is 6.02. The fourth-order valence-corrected chi connectivity index (χ4v) is 4.04. The SMILES string of the molecule is O=C(O)c1ccc(N=NC2C(=O)c3cc4c(cc3C2=O)C(=O)C(N=Nc2ccc(C(=O)O)cc2)C4=O)cc1. The molecule has 0 heterocycles. The number of nitrogens with zero attached hydrogens (tertiary/aromatic N) is 4. The number of azo groups is 2. The summed E-state index contributed by atoms with van der Waals surface area (Å²) in [6, 6.07) is 10.0. The van der Waals surface area contributed by atoms with Crippen LogP contribution in [0.4, 0.5) is 11.4 Å². The lowest BCUT2D eigenvalue weighted by atomic mass is 10.0. The Bertz CT molecular complexity index is 1470. The molecule has 0 saturated carbocycles. The maximum absolute atomic E-state index is 12.9. The van der Waals surface area contributed by atoms with Gasteiger partial charge in [-0.3, -0.25) is 19.2 Å². The molecule has 2 N–H and O–H groups in total. The van der Waals surface area contributed by atoms with Gasteiger partial charge >= 0.3 is 11.9 Å². The van der Waals surface area contributed by atoms with Gasteiger partial charge in [0.15, 0.2) is 35.2 Å². The first kappa shape index (κ1) is 24.2. The molecule has 12 heteroatoms. The highest BCUT2D eigenvalue weighted by Crippen LogP contribution is 2.34. The van der Waals surface area contributed by atoms with E-state index in [4.69, 9.17) is 10.2 Å². The molecule has 2 aliphatic rings. The van der Waals surface area contributed by atoms with E-state index in [2.05, 4.69) is 20.5 Å². The minimum absolute atomic E-state index is 0.0298. The van der Waals surface area contributed by atoms with Crippen LogP contribution in [0.1, 0.15) is 62.1 Å². The molecule has 186 valence electrons. The number of rotatable bonds is 6. The predicted octanol–water partition coefficient (Wildman–Crippen LogP) is 4.15. The Morgan fingerprint density at radius 1 is 0.526 bits per heavy atom. The molecule has 5 rings (SSSR count). The van der Waals surface area contributed by atoms with E-state index in [0.29, 0.717) is 0 Å². The van der Waals surface area contributed by atoms with E-state index in [1.54, 1.807) is 0 Å². The smallest absolute Gasteiger partial charge is 0.335 e. The van der Waals surface area contributed by atoms with Gasteiger partial charge in [0.05, 0.1) is 22.5 Å². The molecule has 0 fully saturated rings. The van der Waals surface area contributed by atoms with Crippen molar-refractivity contribution in [2.24, 2.45) is 20.5 Å². The van der Waals surface area contributed by atoms with Crippen LogP contribution in [0.2, 0.25) is 0 Å². The molecule has 0 saturated heterocycles. The van der Waals surface area contributed by atoms with Crippen molar-refractivity contribution in [3.05, 3.63) is 94.0 Å². The maximum atomic E-state index is 12.9. The van der Waals surface area contributed by atoms with E-state index >= 15 is 0 Å². The van der Waals surface area contributed by atoms with E-state index in [0.717, 1.165) is 0 Å². The second kappa shape index (κ2) is 9.17. The van der Waals surface area contributed by atoms with Crippen LogP contribution in [0.5, 0.6) is 0 Å². The highest BCUT2D eigenvalue weighted by atomic mass is 16.4. The zero-order chi connectivity index (χ0) is 27.1. The molecule has 0 bridgehead atoms. The molecule has 0 radical (unpaired) electrons. The van der Waals surface area contributed by atoms with Crippen molar-refractivity contribution in [1.29, 1.82) is 0 Å². The highest BCUT2D eigenvalue weighted by Gasteiger charge is 2.45. The van der Waals surface area contributed by atoms with Crippen molar-refractivity contribution in [3.63, 3.8) is 0 Å². The molecule has 0 atom stereocenters. The van der Waals surface area contributed by atoms with Gasteiger partial charge in [0.1, 0.15) is 0 Å². The van der Waals surface area contributed by atoms with Crippen molar-refractivity contribution >= 4 is 46.4 Å². The molecule has 0 spiro atoms. The number of carboxylic acid groups (broad SMARTS) is 2. The van der Waals surface area contributed by atoms with Gasteiger partial charge in [-0.25, -0.2) is 9.59 Å². The van der Waals surface area contributed by atoms with Crippen molar-refractivity contribution in [2.75, 3.05) is 0 Å². The molecule has 3 aromatic carbocycles. The van der Waals surface area contributed by atoms with Crippen LogP contribution in [-0.2, 0) is 0 Å². The van der Waals surface area contributed by atoms with Gasteiger partial charge in [0.2, 0.25) is 0 Å². The van der Waals surface area contributed by atoms with Crippen molar-refractivity contribution < 1.29 is 39.0 Å². The summed E-state index contributed by atoms with van der Waals surface area (Å²) in [5.74, 6) is -5.02. The van der Waals surface area contributed by atoms with Crippen LogP contribution in [0.3, 0.4) is 0 Å². The third-order valence-corrected chi connectivity index (χ3v) is 6.02. The van der Waals surface area contributed by atoms with Crippen LogP contribution in [-0.4, -0.2) is 57.4 Å². The van der Waals surface area contributed by atoms with Gasteiger partial charge in [-0.1, -0.05) is 0 Å². The second-order valence-electron chi connectivity index (χ2n) is 8.34. The summed E-state index contributed by atoms with van der Waals surface area (Å²) < 4.78 is 0. The number of Topliss-reactive ketones (excluding diaryl/α,β-unsaturated/α-hetero) is 4. The van der Waals surface area contributed by atoms with Gasteiger partial charge in [0, 0.05) is 22.3 Å². The van der Waals surface area contributed by atoms with Crippen LogP contribution >= 0.6 is 0 Å². The standard InChI is InChI=1S/C26H14N4O8/c31-21-15-9-17-18(24(34)20(23(17)33)30-28-14-7-3-12(4-8-14)26(37)38)10-16(15)22(32)19(21)29-27-13-5-1-11(2-6-13)25(35)36/h1-10,19-20H,(H,35,36)(H,37,38). The van der Waals surface area contributed by atoms with E-state index in [9.17, 15) is 28.8 Å². The number of fused-ring (bicyclic) bond motifs is 2. The molecule has 2 aliphatic carbocycles. The first-order valence-electron chi connectivity index (χ1n) is 11.0. The fraction of sp³-hybridized carbons (Fsp3) is 0.0769. The second-order valence-corrected chi connectivity index (χ2v) is 8.34. The van der Waals surface area contributed by atoms with E-state index in [1.807, 2.05) is 0 Å². The van der Waals surface area contributed by atoms with Gasteiger partial charge in [-0.05, 0) is 60.7 Å². The molecule has 0 aromatic heterocycles. The Labute approximate surface area is 212 Å². The normalized spacial score (nSPS) is 15.6. The topological polar surface area (TPSA) is 192 Å². The zero-order valence-corrected chi connectivity index (χ0v) is 19.1. The molecular formula is C26H14N4O8. The summed E-state index contributed by atoms with van der Waals surface area (Å²) in [4.78, 5) is 73.5. The Hall–Kier alpha value is -5.52. The largest absolute Gasteiger partial charge is 0.478 e. The summed E-state index contributed by atoms with van der Waals surface area (Å²) >= 11 is 0. The first-order valence-corrected chi connectivity index (χ1v) is 11.0. The Morgan fingerprint density at radius 2 is 0.816 bits per heavy atom. The Balaban J connectivity index is 1.37.